The number of benzene rings is 2. The van der Waals surface area contributed by atoms with Crippen LogP contribution in [-0.2, 0) is 55.7 Å². The summed E-state index contributed by atoms with van der Waals surface area (Å²) in [7, 11) is 0. The van der Waals surface area contributed by atoms with E-state index in [1.54, 1.807) is 74.5 Å². The van der Waals surface area contributed by atoms with Gasteiger partial charge in [-0.1, -0.05) is 67.6 Å². The van der Waals surface area contributed by atoms with E-state index in [1.807, 2.05) is 6.92 Å². The molecule has 0 fully saturated rings. The number of guanidine groups is 1. The Morgan fingerprint density at radius 1 is 0.723 bits per heavy atom. The van der Waals surface area contributed by atoms with Crippen molar-refractivity contribution >= 4 is 42.0 Å². The Morgan fingerprint density at radius 3 is 1.62 bits per heavy atom. The van der Waals surface area contributed by atoms with E-state index in [2.05, 4.69) is 20.9 Å². The minimum atomic E-state index is -1.16. The molecule has 2 aromatic rings. The predicted octanol–water partition coefficient (Wildman–Crippen LogP) is 2.91. The average molecular weight is 657 g/mol. The topological polar surface area (TPSA) is 197 Å². The second kappa shape index (κ2) is 20.5. The number of esters is 3. The van der Waals surface area contributed by atoms with E-state index >= 15 is 0 Å². The molecule has 0 saturated heterocycles. The molecule has 3 atom stereocenters. The Kier molecular flexibility index (Phi) is 16.5. The maximum absolute atomic E-state index is 12.7. The van der Waals surface area contributed by atoms with Gasteiger partial charge in [-0.3, -0.25) is 25.0 Å². The molecule has 0 spiro atoms. The Hall–Kier alpha value is -5.47. The van der Waals surface area contributed by atoms with Crippen LogP contribution in [0, 0.1) is 0 Å². The third-order valence-corrected chi connectivity index (χ3v) is 6.12. The number of carbonyl (C=O) groups excluding carboxylic acids is 6. The number of carbonyl (C=O) groups is 6. The molecule has 2 aromatic carbocycles. The van der Waals surface area contributed by atoms with E-state index in [0.717, 1.165) is 0 Å². The molecule has 0 aliphatic rings. The first-order valence-corrected chi connectivity index (χ1v) is 14.8. The van der Waals surface area contributed by atoms with Crippen molar-refractivity contribution in [2.24, 2.45) is 4.99 Å². The highest BCUT2D eigenvalue weighted by Gasteiger charge is 2.25. The number of nitrogens with zero attached hydrogens (tertiary/aromatic N) is 1. The molecular formula is C32H40N4O11. The molecule has 0 aliphatic carbocycles. The Labute approximate surface area is 272 Å². The van der Waals surface area contributed by atoms with Gasteiger partial charge in [0.25, 0.3) is 0 Å². The van der Waals surface area contributed by atoms with Crippen LogP contribution in [0.1, 0.15) is 51.7 Å². The SMILES string of the molecule is CC[C@H](C)OC(=O)C(CC(C)N=C(NC(=O)OCOC(=O)Cc1ccccc1)NC(=O)OCOC(=O)Cc1ccccc1)NC(C)=O. The van der Waals surface area contributed by atoms with Crippen molar-refractivity contribution in [2.45, 2.75) is 71.6 Å². The van der Waals surface area contributed by atoms with Crippen LogP contribution in [0.15, 0.2) is 65.7 Å². The van der Waals surface area contributed by atoms with E-state index in [1.165, 1.54) is 6.92 Å². The summed E-state index contributed by atoms with van der Waals surface area (Å²) in [6, 6.07) is 15.6. The van der Waals surface area contributed by atoms with Gasteiger partial charge in [-0.2, -0.15) is 0 Å². The summed E-state index contributed by atoms with van der Waals surface area (Å²) < 4.78 is 24.9. The number of hydrogen-bond donors (Lipinski definition) is 3. The molecule has 2 rings (SSSR count). The molecule has 3 N–H and O–H groups in total. The lowest BCUT2D eigenvalue weighted by atomic mass is 10.1. The van der Waals surface area contributed by atoms with Crippen LogP contribution in [0.2, 0.25) is 0 Å². The highest BCUT2D eigenvalue weighted by atomic mass is 16.7. The van der Waals surface area contributed by atoms with Gasteiger partial charge in [-0.05, 0) is 31.4 Å². The number of amides is 3. The quantitative estimate of drug-likeness (QED) is 0.0838. The fourth-order valence-electron chi connectivity index (χ4n) is 3.72. The van der Waals surface area contributed by atoms with Crippen LogP contribution in [0.25, 0.3) is 0 Å². The monoisotopic (exact) mass is 656 g/mol. The summed E-state index contributed by atoms with van der Waals surface area (Å²) in [6.07, 6.45) is -2.34. The minimum Gasteiger partial charge on any atom is -0.461 e. The molecule has 0 aliphatic heterocycles. The van der Waals surface area contributed by atoms with Gasteiger partial charge in [0.2, 0.25) is 25.5 Å². The number of alkyl carbamates (subject to hydrolysis) is 2. The van der Waals surface area contributed by atoms with E-state index < -0.39 is 73.7 Å². The molecule has 47 heavy (non-hydrogen) atoms. The van der Waals surface area contributed by atoms with Gasteiger partial charge in [0.1, 0.15) is 6.04 Å². The third kappa shape index (κ3) is 16.4. The van der Waals surface area contributed by atoms with Crippen LogP contribution in [-0.4, -0.2) is 73.7 Å². The molecule has 0 radical (unpaired) electrons. The largest absolute Gasteiger partial charge is 0.461 e. The predicted molar refractivity (Wildman–Crippen MR) is 166 cm³/mol. The van der Waals surface area contributed by atoms with Gasteiger partial charge in [0, 0.05) is 13.3 Å². The van der Waals surface area contributed by atoms with E-state index in [-0.39, 0.29) is 19.3 Å². The molecular weight excluding hydrogens is 616 g/mol. The van der Waals surface area contributed by atoms with Crippen molar-refractivity contribution in [2.75, 3.05) is 13.6 Å². The summed E-state index contributed by atoms with van der Waals surface area (Å²) in [4.78, 5) is 77.6. The Balaban J connectivity index is 2.02. The first-order chi connectivity index (χ1) is 22.4. The summed E-state index contributed by atoms with van der Waals surface area (Å²) in [5.41, 5.74) is 1.40. The Morgan fingerprint density at radius 2 is 1.19 bits per heavy atom. The van der Waals surface area contributed by atoms with Gasteiger partial charge >= 0.3 is 30.1 Å². The van der Waals surface area contributed by atoms with Crippen LogP contribution < -0.4 is 16.0 Å². The zero-order valence-corrected chi connectivity index (χ0v) is 26.7. The summed E-state index contributed by atoms with van der Waals surface area (Å²) in [5.74, 6) is -2.95. The van der Waals surface area contributed by atoms with Gasteiger partial charge in [-0.15, -0.1) is 0 Å². The van der Waals surface area contributed by atoms with Crippen molar-refractivity contribution in [3.8, 4) is 0 Å². The van der Waals surface area contributed by atoms with Crippen LogP contribution >= 0.6 is 0 Å². The molecule has 0 saturated carbocycles. The van der Waals surface area contributed by atoms with Crippen molar-refractivity contribution in [1.82, 2.24) is 16.0 Å². The number of aliphatic imine (C=N–C) groups is 1. The van der Waals surface area contributed by atoms with E-state index in [4.69, 9.17) is 23.7 Å². The normalized spacial score (nSPS) is 12.2. The molecule has 15 heteroatoms. The van der Waals surface area contributed by atoms with Crippen LogP contribution in [0.5, 0.6) is 0 Å². The summed E-state index contributed by atoms with van der Waals surface area (Å²) >= 11 is 0. The van der Waals surface area contributed by atoms with E-state index in [9.17, 15) is 28.8 Å². The zero-order chi connectivity index (χ0) is 34.6. The van der Waals surface area contributed by atoms with E-state index in [0.29, 0.717) is 17.5 Å². The first kappa shape index (κ1) is 37.7. The van der Waals surface area contributed by atoms with Crippen molar-refractivity contribution in [3.63, 3.8) is 0 Å². The van der Waals surface area contributed by atoms with Crippen molar-refractivity contribution in [3.05, 3.63) is 71.8 Å². The summed E-state index contributed by atoms with van der Waals surface area (Å²) in [6.45, 7) is 4.82. The molecule has 254 valence electrons. The molecule has 0 aromatic heterocycles. The first-order valence-electron chi connectivity index (χ1n) is 14.8. The molecule has 15 nitrogen and oxygen atoms in total. The second-order valence-corrected chi connectivity index (χ2v) is 10.2. The zero-order valence-electron chi connectivity index (χ0n) is 26.7. The minimum absolute atomic E-state index is 0.0473. The average Bonchev–Trinajstić information content (AvgIpc) is 3.01. The van der Waals surface area contributed by atoms with Gasteiger partial charge in [0.15, 0.2) is 0 Å². The molecule has 3 amide bonds. The van der Waals surface area contributed by atoms with Crippen molar-refractivity contribution < 1.29 is 52.5 Å². The maximum atomic E-state index is 12.7. The van der Waals surface area contributed by atoms with Crippen molar-refractivity contribution in [1.29, 1.82) is 0 Å². The van der Waals surface area contributed by atoms with Gasteiger partial charge in [-0.25, -0.2) is 19.4 Å². The number of nitrogens with one attached hydrogen (secondary N) is 3. The number of hydrogen-bond acceptors (Lipinski definition) is 12. The molecule has 0 bridgehead atoms. The van der Waals surface area contributed by atoms with Crippen LogP contribution in [0.4, 0.5) is 9.59 Å². The molecule has 0 heterocycles. The lowest BCUT2D eigenvalue weighted by molar-refractivity contribution is -0.153. The number of rotatable bonds is 15. The lowest BCUT2D eigenvalue weighted by Gasteiger charge is -2.21. The maximum Gasteiger partial charge on any atom is 0.416 e. The fourth-order valence-corrected chi connectivity index (χ4v) is 3.72. The standard InChI is InChI=1S/C32H40N4O11/c1-5-22(3)47-29(40)26(34-23(4)37)16-21(2)33-30(35-31(41)45-19-43-27(38)17-24-12-8-6-9-13-24)36-32(42)46-20-44-28(39)18-25-14-10-7-11-15-25/h6-15,21-22,26H,5,16-20H2,1-4H3,(H,34,37)(H2,33,35,36,41,42)/t21?,22-,26?/m0/s1. The fraction of sp³-hybridized carbons (Fsp3) is 0.406. The van der Waals surface area contributed by atoms with Gasteiger partial charge < -0.3 is 29.0 Å². The second-order valence-electron chi connectivity index (χ2n) is 10.2. The highest BCUT2D eigenvalue weighted by molar-refractivity contribution is 6.01. The third-order valence-electron chi connectivity index (χ3n) is 6.12. The smallest absolute Gasteiger partial charge is 0.416 e. The Bertz CT molecular complexity index is 1290. The van der Waals surface area contributed by atoms with Crippen LogP contribution in [0.3, 0.4) is 0 Å². The highest BCUT2D eigenvalue weighted by Crippen LogP contribution is 2.08. The summed E-state index contributed by atoms with van der Waals surface area (Å²) in [5, 5.41) is 6.89. The molecule has 2 unspecified atom stereocenters. The van der Waals surface area contributed by atoms with Gasteiger partial charge in [0.05, 0.1) is 25.0 Å². The number of ether oxygens (including phenoxy) is 5. The lowest BCUT2D eigenvalue weighted by Crippen LogP contribution is -2.46.